The number of carbonyl (C=O) groups excluding carboxylic acids is 2. The molecule has 5 nitrogen and oxygen atoms in total. The maximum atomic E-state index is 12.2. The third kappa shape index (κ3) is 5.45. The summed E-state index contributed by atoms with van der Waals surface area (Å²) in [6.07, 6.45) is 2.42. The molecule has 0 bridgehead atoms. The van der Waals surface area contributed by atoms with Crippen LogP contribution in [0.4, 0.5) is 4.79 Å². The number of thiophene rings is 1. The Balaban J connectivity index is 1.40. The van der Waals surface area contributed by atoms with Crippen LogP contribution in [0.25, 0.3) is 10.1 Å². The normalized spacial score (nSPS) is 15.7. The number of hydrogen-bond acceptors (Lipinski definition) is 5. The fraction of sp³-hybridized carbons (Fsp3) is 0.524. The van der Waals surface area contributed by atoms with Gasteiger partial charge in [0.15, 0.2) is 0 Å². The summed E-state index contributed by atoms with van der Waals surface area (Å²) in [6, 6.07) is 7.70. The first-order chi connectivity index (χ1) is 12.8. The van der Waals surface area contributed by atoms with E-state index < -0.39 is 5.60 Å². The van der Waals surface area contributed by atoms with Crippen molar-refractivity contribution in [3.05, 3.63) is 35.2 Å². The average Bonchev–Trinajstić information content (AvgIpc) is 3.08. The number of benzene rings is 1. The highest BCUT2D eigenvalue weighted by molar-refractivity contribution is 7.17. The Morgan fingerprint density at radius 1 is 1.19 bits per heavy atom. The zero-order valence-corrected chi connectivity index (χ0v) is 17.0. The van der Waals surface area contributed by atoms with E-state index in [1.165, 1.54) is 0 Å². The summed E-state index contributed by atoms with van der Waals surface area (Å²) in [5.41, 5.74) is 0.138. The summed E-state index contributed by atoms with van der Waals surface area (Å²) >= 11 is 1.62. The number of ether oxygens (including phenoxy) is 2. The van der Waals surface area contributed by atoms with E-state index in [-0.39, 0.29) is 12.1 Å². The van der Waals surface area contributed by atoms with Gasteiger partial charge in [-0.15, -0.1) is 11.3 Å². The second-order valence-electron chi connectivity index (χ2n) is 8.01. The third-order valence-corrected chi connectivity index (χ3v) is 5.60. The minimum Gasteiger partial charge on any atom is -0.462 e. The Hall–Kier alpha value is -2.08. The standard InChI is InChI=1S/C21H27NO4S/c1-21(2,3)26-20(24)22-10-6-15(7-11-22)8-12-25-19(23)17-5-4-16-9-13-27-18(16)14-17/h4-5,9,13-15H,6-8,10-12H2,1-3H3. The Labute approximate surface area is 164 Å². The summed E-state index contributed by atoms with van der Waals surface area (Å²) in [4.78, 5) is 26.1. The van der Waals surface area contributed by atoms with E-state index in [1.807, 2.05) is 50.4 Å². The first kappa shape index (κ1) is 19.7. The molecule has 1 saturated heterocycles. The lowest BCUT2D eigenvalue weighted by Crippen LogP contribution is -2.41. The van der Waals surface area contributed by atoms with Gasteiger partial charge in [0.25, 0.3) is 0 Å². The largest absolute Gasteiger partial charge is 0.462 e. The molecule has 6 heteroatoms. The molecule has 0 saturated carbocycles. The Kier molecular flexibility index (Phi) is 6.05. The van der Waals surface area contributed by atoms with Crippen LogP contribution in [-0.2, 0) is 9.47 Å². The van der Waals surface area contributed by atoms with Crippen molar-refractivity contribution in [1.82, 2.24) is 4.90 Å². The van der Waals surface area contributed by atoms with E-state index in [0.29, 0.717) is 31.2 Å². The zero-order chi connectivity index (χ0) is 19.4. The molecule has 1 aromatic heterocycles. The number of carbonyl (C=O) groups is 2. The molecule has 0 radical (unpaired) electrons. The molecule has 1 amide bonds. The van der Waals surface area contributed by atoms with Gasteiger partial charge in [0.05, 0.1) is 12.2 Å². The molecule has 0 atom stereocenters. The van der Waals surface area contributed by atoms with Gasteiger partial charge in [-0.25, -0.2) is 9.59 Å². The van der Waals surface area contributed by atoms with Crippen molar-refractivity contribution in [3.63, 3.8) is 0 Å². The van der Waals surface area contributed by atoms with Crippen molar-refractivity contribution in [2.75, 3.05) is 19.7 Å². The van der Waals surface area contributed by atoms with E-state index in [4.69, 9.17) is 9.47 Å². The maximum absolute atomic E-state index is 12.2. The zero-order valence-electron chi connectivity index (χ0n) is 16.2. The quantitative estimate of drug-likeness (QED) is 0.683. The topological polar surface area (TPSA) is 55.8 Å². The van der Waals surface area contributed by atoms with E-state index in [9.17, 15) is 9.59 Å². The van der Waals surface area contributed by atoms with Crippen LogP contribution in [0, 0.1) is 5.92 Å². The van der Waals surface area contributed by atoms with Gasteiger partial charge >= 0.3 is 12.1 Å². The summed E-state index contributed by atoms with van der Waals surface area (Å²) < 4.78 is 12.0. The summed E-state index contributed by atoms with van der Waals surface area (Å²) in [5.74, 6) is 0.202. The van der Waals surface area contributed by atoms with Crippen LogP contribution in [0.5, 0.6) is 0 Å². The predicted molar refractivity (Wildman–Crippen MR) is 107 cm³/mol. The van der Waals surface area contributed by atoms with Gasteiger partial charge in [0.2, 0.25) is 0 Å². The summed E-state index contributed by atoms with van der Waals surface area (Å²) in [6.45, 7) is 7.44. The number of likely N-dealkylation sites (tertiary alicyclic amines) is 1. The van der Waals surface area contributed by atoms with Crippen LogP contribution >= 0.6 is 11.3 Å². The minimum atomic E-state index is -0.464. The smallest absolute Gasteiger partial charge is 0.410 e. The van der Waals surface area contributed by atoms with Crippen LogP contribution in [0.1, 0.15) is 50.4 Å². The molecule has 146 valence electrons. The van der Waals surface area contributed by atoms with Crippen LogP contribution in [0.15, 0.2) is 29.6 Å². The summed E-state index contributed by atoms with van der Waals surface area (Å²) in [5, 5.41) is 3.16. The lowest BCUT2D eigenvalue weighted by molar-refractivity contribution is 0.0169. The number of nitrogens with zero attached hydrogens (tertiary/aromatic N) is 1. The molecule has 1 aliphatic rings. The molecule has 0 spiro atoms. The SMILES string of the molecule is CC(C)(C)OC(=O)N1CCC(CCOC(=O)c2ccc3ccsc3c2)CC1. The van der Waals surface area contributed by atoms with Gasteiger partial charge in [-0.1, -0.05) is 6.07 Å². The monoisotopic (exact) mass is 389 g/mol. The predicted octanol–water partition coefficient (Wildman–Crippen LogP) is 5.10. The van der Waals surface area contributed by atoms with Crippen molar-refractivity contribution in [2.45, 2.75) is 45.6 Å². The van der Waals surface area contributed by atoms with Crippen molar-refractivity contribution in [1.29, 1.82) is 0 Å². The van der Waals surface area contributed by atoms with Gasteiger partial charge in [-0.05, 0) is 74.9 Å². The Morgan fingerprint density at radius 3 is 2.63 bits per heavy atom. The van der Waals surface area contributed by atoms with Crippen LogP contribution in [0.2, 0.25) is 0 Å². The van der Waals surface area contributed by atoms with Gasteiger partial charge in [0.1, 0.15) is 5.60 Å². The number of esters is 1. The second kappa shape index (κ2) is 8.30. The third-order valence-electron chi connectivity index (χ3n) is 4.72. The highest BCUT2D eigenvalue weighted by atomic mass is 32.1. The summed E-state index contributed by atoms with van der Waals surface area (Å²) in [7, 11) is 0. The molecule has 0 unspecified atom stereocenters. The number of rotatable bonds is 4. The Morgan fingerprint density at radius 2 is 1.93 bits per heavy atom. The number of fused-ring (bicyclic) bond motifs is 1. The number of amides is 1. The van der Waals surface area contributed by atoms with E-state index in [1.54, 1.807) is 16.2 Å². The highest BCUT2D eigenvalue weighted by Gasteiger charge is 2.26. The first-order valence-corrected chi connectivity index (χ1v) is 10.3. The van der Waals surface area contributed by atoms with E-state index in [2.05, 4.69) is 0 Å². The molecule has 1 aliphatic heterocycles. The second-order valence-corrected chi connectivity index (χ2v) is 8.96. The van der Waals surface area contributed by atoms with Crippen molar-refractivity contribution in [2.24, 2.45) is 5.92 Å². The molecule has 27 heavy (non-hydrogen) atoms. The van der Waals surface area contributed by atoms with Gasteiger partial charge < -0.3 is 14.4 Å². The molecule has 0 aliphatic carbocycles. The lowest BCUT2D eigenvalue weighted by atomic mass is 9.94. The van der Waals surface area contributed by atoms with Gasteiger partial charge in [0, 0.05) is 17.8 Å². The van der Waals surface area contributed by atoms with Crippen molar-refractivity contribution < 1.29 is 19.1 Å². The maximum Gasteiger partial charge on any atom is 0.410 e. The number of hydrogen-bond donors (Lipinski definition) is 0. The van der Waals surface area contributed by atoms with Crippen molar-refractivity contribution >= 4 is 33.5 Å². The van der Waals surface area contributed by atoms with Crippen LogP contribution in [0.3, 0.4) is 0 Å². The molecule has 0 N–H and O–H groups in total. The molecule has 3 rings (SSSR count). The fourth-order valence-corrected chi connectivity index (χ4v) is 4.04. The molecular formula is C21H27NO4S. The molecule has 1 fully saturated rings. The minimum absolute atomic E-state index is 0.239. The molecule has 2 aromatic rings. The molecule has 1 aromatic carbocycles. The van der Waals surface area contributed by atoms with E-state index >= 15 is 0 Å². The van der Waals surface area contributed by atoms with Crippen LogP contribution in [-0.4, -0.2) is 42.3 Å². The van der Waals surface area contributed by atoms with Gasteiger partial charge in [-0.2, -0.15) is 0 Å². The lowest BCUT2D eigenvalue weighted by Gasteiger charge is -2.33. The average molecular weight is 390 g/mol. The fourth-order valence-electron chi connectivity index (χ4n) is 3.21. The van der Waals surface area contributed by atoms with Gasteiger partial charge in [-0.3, -0.25) is 0 Å². The molecular weight excluding hydrogens is 362 g/mol. The van der Waals surface area contributed by atoms with E-state index in [0.717, 1.165) is 29.3 Å². The van der Waals surface area contributed by atoms with Crippen molar-refractivity contribution in [3.8, 4) is 0 Å². The highest BCUT2D eigenvalue weighted by Crippen LogP contribution is 2.24. The molecule has 2 heterocycles. The first-order valence-electron chi connectivity index (χ1n) is 9.44. The number of piperidine rings is 1. The van der Waals surface area contributed by atoms with Crippen LogP contribution < -0.4 is 0 Å². The Bertz CT molecular complexity index is 800.